The number of aliphatic hydroxyl groups is 1. The van der Waals surface area contributed by atoms with Crippen molar-refractivity contribution in [1.82, 2.24) is 15.6 Å². The van der Waals surface area contributed by atoms with Crippen molar-refractivity contribution in [3.63, 3.8) is 0 Å². The molecule has 1 aromatic rings. The minimum Gasteiger partial charge on any atom is -0.396 e. The van der Waals surface area contributed by atoms with Gasteiger partial charge in [0.1, 0.15) is 0 Å². The minimum atomic E-state index is -0.173. The molecule has 1 saturated carbocycles. The summed E-state index contributed by atoms with van der Waals surface area (Å²) in [5.74, 6) is 0.198. The lowest BCUT2D eigenvalue weighted by molar-refractivity contribution is 0.153. The SMILES string of the molecule is O=C(NCc1cscn1)NC1CCCCC1CO. The fourth-order valence-corrected chi connectivity index (χ4v) is 2.89. The molecule has 2 unspecified atom stereocenters. The lowest BCUT2D eigenvalue weighted by Gasteiger charge is -2.30. The van der Waals surface area contributed by atoms with Crippen LogP contribution in [0.4, 0.5) is 4.79 Å². The largest absolute Gasteiger partial charge is 0.396 e. The van der Waals surface area contributed by atoms with Crippen molar-refractivity contribution < 1.29 is 9.90 Å². The Bertz CT molecular complexity index is 369. The average molecular weight is 269 g/mol. The summed E-state index contributed by atoms with van der Waals surface area (Å²) < 4.78 is 0. The first-order valence-electron chi connectivity index (χ1n) is 6.32. The van der Waals surface area contributed by atoms with Gasteiger partial charge in [-0.25, -0.2) is 9.78 Å². The van der Waals surface area contributed by atoms with Crippen LogP contribution in [-0.2, 0) is 6.54 Å². The Balaban J connectivity index is 1.75. The predicted molar refractivity (Wildman–Crippen MR) is 70.3 cm³/mol. The number of urea groups is 1. The van der Waals surface area contributed by atoms with Crippen LogP contribution in [0.2, 0.25) is 0 Å². The Labute approximate surface area is 111 Å². The van der Waals surface area contributed by atoms with Crippen LogP contribution in [0.5, 0.6) is 0 Å². The molecule has 18 heavy (non-hydrogen) atoms. The first kappa shape index (κ1) is 13.3. The molecule has 3 N–H and O–H groups in total. The molecule has 5 nitrogen and oxygen atoms in total. The van der Waals surface area contributed by atoms with E-state index in [1.165, 1.54) is 11.3 Å². The topological polar surface area (TPSA) is 74.2 Å². The van der Waals surface area contributed by atoms with Gasteiger partial charge in [0.05, 0.1) is 17.7 Å². The van der Waals surface area contributed by atoms with Crippen LogP contribution in [0.1, 0.15) is 31.4 Å². The molecule has 0 spiro atoms. The molecule has 6 heteroatoms. The number of thiazole rings is 1. The van der Waals surface area contributed by atoms with E-state index in [1.807, 2.05) is 5.38 Å². The molecule has 2 atom stereocenters. The van der Waals surface area contributed by atoms with Crippen LogP contribution in [0, 0.1) is 5.92 Å². The van der Waals surface area contributed by atoms with Crippen LogP contribution in [-0.4, -0.2) is 28.8 Å². The van der Waals surface area contributed by atoms with Crippen molar-refractivity contribution in [2.75, 3.05) is 6.61 Å². The fourth-order valence-electron chi connectivity index (χ4n) is 2.33. The van der Waals surface area contributed by atoms with Gasteiger partial charge in [-0.2, -0.15) is 0 Å². The van der Waals surface area contributed by atoms with Crippen LogP contribution >= 0.6 is 11.3 Å². The third-order valence-corrected chi connectivity index (χ3v) is 4.01. The Morgan fingerprint density at radius 1 is 1.50 bits per heavy atom. The van der Waals surface area contributed by atoms with E-state index in [1.54, 1.807) is 5.51 Å². The first-order valence-corrected chi connectivity index (χ1v) is 7.26. The molecule has 0 aliphatic heterocycles. The number of hydrogen-bond acceptors (Lipinski definition) is 4. The highest BCUT2D eigenvalue weighted by molar-refractivity contribution is 7.07. The summed E-state index contributed by atoms with van der Waals surface area (Å²) in [6.07, 6.45) is 4.21. The van der Waals surface area contributed by atoms with Gasteiger partial charge in [-0.05, 0) is 12.8 Å². The molecule has 0 bridgehead atoms. The highest BCUT2D eigenvalue weighted by atomic mass is 32.1. The summed E-state index contributed by atoms with van der Waals surface area (Å²) >= 11 is 1.52. The third-order valence-electron chi connectivity index (χ3n) is 3.37. The van der Waals surface area contributed by atoms with E-state index in [4.69, 9.17) is 0 Å². The second-order valence-corrected chi connectivity index (χ2v) is 5.36. The van der Waals surface area contributed by atoms with Crippen molar-refractivity contribution in [3.8, 4) is 0 Å². The van der Waals surface area contributed by atoms with E-state index < -0.39 is 0 Å². The van der Waals surface area contributed by atoms with Gasteiger partial charge in [-0.15, -0.1) is 11.3 Å². The number of aliphatic hydroxyl groups excluding tert-OH is 1. The summed E-state index contributed by atoms with van der Waals surface area (Å²) in [4.78, 5) is 15.8. The predicted octanol–water partition coefficient (Wildman–Crippen LogP) is 1.49. The molecule has 2 rings (SSSR count). The van der Waals surface area contributed by atoms with Crippen LogP contribution in [0.25, 0.3) is 0 Å². The number of aromatic nitrogens is 1. The zero-order chi connectivity index (χ0) is 12.8. The van der Waals surface area contributed by atoms with Crippen molar-refractivity contribution in [1.29, 1.82) is 0 Å². The van der Waals surface area contributed by atoms with Gasteiger partial charge in [-0.3, -0.25) is 0 Å². The van der Waals surface area contributed by atoms with Gasteiger partial charge in [0.2, 0.25) is 0 Å². The Kier molecular flexibility index (Phi) is 4.95. The molecular formula is C12H19N3O2S. The normalized spacial score (nSPS) is 23.6. The molecule has 0 radical (unpaired) electrons. The van der Waals surface area contributed by atoms with Crippen LogP contribution < -0.4 is 10.6 Å². The second-order valence-electron chi connectivity index (χ2n) is 4.64. The molecule has 2 amide bonds. The van der Waals surface area contributed by atoms with E-state index in [0.717, 1.165) is 31.4 Å². The monoisotopic (exact) mass is 269 g/mol. The van der Waals surface area contributed by atoms with E-state index in [-0.39, 0.29) is 24.6 Å². The van der Waals surface area contributed by atoms with E-state index in [9.17, 15) is 9.90 Å². The maximum absolute atomic E-state index is 11.7. The van der Waals surface area contributed by atoms with Crippen molar-refractivity contribution in [3.05, 3.63) is 16.6 Å². The highest BCUT2D eigenvalue weighted by Crippen LogP contribution is 2.23. The highest BCUT2D eigenvalue weighted by Gasteiger charge is 2.25. The number of carbonyl (C=O) groups excluding carboxylic acids is 1. The standard InChI is InChI=1S/C12H19N3O2S/c16-6-9-3-1-2-4-11(9)15-12(17)13-5-10-7-18-8-14-10/h7-9,11,16H,1-6H2,(H2,13,15,17). The lowest BCUT2D eigenvalue weighted by Crippen LogP contribution is -2.47. The van der Waals surface area contributed by atoms with Crippen molar-refractivity contribution in [2.24, 2.45) is 5.92 Å². The Hall–Kier alpha value is -1.14. The van der Waals surface area contributed by atoms with E-state index in [2.05, 4.69) is 15.6 Å². The second kappa shape index (κ2) is 6.70. The zero-order valence-corrected chi connectivity index (χ0v) is 11.1. The van der Waals surface area contributed by atoms with Gasteiger partial charge in [0, 0.05) is 23.9 Å². The minimum absolute atomic E-state index is 0.0965. The summed E-state index contributed by atoms with van der Waals surface area (Å²) in [5, 5.41) is 16.9. The molecule has 1 aliphatic carbocycles. The van der Waals surface area contributed by atoms with Crippen molar-refractivity contribution >= 4 is 17.4 Å². The Morgan fingerprint density at radius 2 is 2.33 bits per heavy atom. The zero-order valence-electron chi connectivity index (χ0n) is 10.3. The number of nitrogens with one attached hydrogen (secondary N) is 2. The molecular weight excluding hydrogens is 250 g/mol. The maximum atomic E-state index is 11.7. The molecule has 1 aromatic heterocycles. The number of amides is 2. The maximum Gasteiger partial charge on any atom is 0.315 e. The molecule has 1 fully saturated rings. The lowest BCUT2D eigenvalue weighted by atomic mass is 9.85. The van der Waals surface area contributed by atoms with E-state index in [0.29, 0.717) is 6.54 Å². The third kappa shape index (κ3) is 3.68. The van der Waals surface area contributed by atoms with Gasteiger partial charge in [0.15, 0.2) is 0 Å². The van der Waals surface area contributed by atoms with Gasteiger partial charge in [0.25, 0.3) is 0 Å². The summed E-state index contributed by atoms with van der Waals surface area (Å²) in [6, 6.07) is -0.0764. The number of rotatable bonds is 4. The van der Waals surface area contributed by atoms with Gasteiger partial charge >= 0.3 is 6.03 Å². The molecule has 0 saturated heterocycles. The van der Waals surface area contributed by atoms with Gasteiger partial charge in [-0.1, -0.05) is 12.8 Å². The first-order chi connectivity index (χ1) is 8.79. The molecule has 0 aromatic carbocycles. The summed E-state index contributed by atoms with van der Waals surface area (Å²) in [6.45, 7) is 0.600. The number of carbonyl (C=O) groups is 1. The van der Waals surface area contributed by atoms with Crippen molar-refractivity contribution in [2.45, 2.75) is 38.3 Å². The molecule has 100 valence electrons. The average Bonchev–Trinajstić information content (AvgIpc) is 2.90. The summed E-state index contributed by atoms with van der Waals surface area (Å²) in [7, 11) is 0. The quantitative estimate of drug-likeness (QED) is 0.775. The fraction of sp³-hybridized carbons (Fsp3) is 0.667. The number of hydrogen-bond donors (Lipinski definition) is 3. The summed E-state index contributed by atoms with van der Waals surface area (Å²) in [5.41, 5.74) is 2.62. The molecule has 1 heterocycles. The number of nitrogens with zero attached hydrogens (tertiary/aromatic N) is 1. The smallest absolute Gasteiger partial charge is 0.315 e. The van der Waals surface area contributed by atoms with E-state index >= 15 is 0 Å². The van der Waals surface area contributed by atoms with Gasteiger partial charge < -0.3 is 15.7 Å². The van der Waals surface area contributed by atoms with Crippen LogP contribution in [0.15, 0.2) is 10.9 Å². The Morgan fingerprint density at radius 3 is 3.06 bits per heavy atom. The van der Waals surface area contributed by atoms with Crippen LogP contribution in [0.3, 0.4) is 0 Å². The molecule has 1 aliphatic rings.